The zero-order chi connectivity index (χ0) is 12.4. The van der Waals surface area contributed by atoms with E-state index in [1.54, 1.807) is 0 Å². The molecular weight excluding hydrogens is 296 g/mol. The first-order valence-electron chi connectivity index (χ1n) is 5.99. The number of anilines is 1. The Morgan fingerprint density at radius 1 is 1.59 bits per heavy atom. The van der Waals surface area contributed by atoms with Crippen molar-refractivity contribution < 1.29 is 0 Å². The molecule has 2 N–H and O–H groups in total. The van der Waals surface area contributed by atoms with Gasteiger partial charge in [0.2, 0.25) is 0 Å². The Morgan fingerprint density at radius 2 is 2.35 bits per heavy atom. The van der Waals surface area contributed by atoms with Crippen molar-refractivity contribution in [2.75, 3.05) is 11.4 Å². The van der Waals surface area contributed by atoms with E-state index in [4.69, 9.17) is 18.0 Å². The van der Waals surface area contributed by atoms with Crippen molar-refractivity contribution in [3.8, 4) is 0 Å². The van der Waals surface area contributed by atoms with E-state index in [1.165, 1.54) is 24.9 Å². The van der Waals surface area contributed by atoms with Crippen LogP contribution in [-0.2, 0) is 0 Å². The molecule has 1 aromatic carbocycles. The van der Waals surface area contributed by atoms with E-state index in [0.717, 1.165) is 16.6 Å². The van der Waals surface area contributed by atoms with Crippen molar-refractivity contribution in [2.24, 2.45) is 5.73 Å². The lowest BCUT2D eigenvalue weighted by Gasteiger charge is -2.28. The topological polar surface area (TPSA) is 29.3 Å². The molecule has 1 saturated heterocycles. The molecule has 0 bridgehead atoms. The van der Waals surface area contributed by atoms with Crippen molar-refractivity contribution in [1.82, 2.24) is 0 Å². The summed E-state index contributed by atoms with van der Waals surface area (Å²) in [6.45, 7) is 3.34. The van der Waals surface area contributed by atoms with Gasteiger partial charge in [-0.1, -0.05) is 35.1 Å². The summed E-state index contributed by atoms with van der Waals surface area (Å²) < 4.78 is 1.08. The van der Waals surface area contributed by atoms with E-state index < -0.39 is 0 Å². The maximum absolute atomic E-state index is 5.81. The predicted octanol–water partition coefficient (Wildman–Crippen LogP) is 3.46. The van der Waals surface area contributed by atoms with E-state index >= 15 is 0 Å². The van der Waals surface area contributed by atoms with Crippen LogP contribution >= 0.6 is 28.1 Å². The predicted molar refractivity (Wildman–Crippen MR) is 80.7 cm³/mol. The van der Waals surface area contributed by atoms with Crippen molar-refractivity contribution in [1.29, 1.82) is 0 Å². The third-order valence-corrected chi connectivity index (χ3v) is 4.10. The van der Waals surface area contributed by atoms with Crippen molar-refractivity contribution in [2.45, 2.75) is 32.2 Å². The number of thiocarbonyl (C=S) groups is 1. The van der Waals surface area contributed by atoms with Gasteiger partial charge in [0.1, 0.15) is 4.99 Å². The fraction of sp³-hybridized carbons (Fsp3) is 0.462. The Labute approximate surface area is 116 Å². The highest BCUT2D eigenvalue weighted by Crippen LogP contribution is 2.32. The second-order valence-corrected chi connectivity index (χ2v) is 5.78. The van der Waals surface area contributed by atoms with Crippen LogP contribution in [0.15, 0.2) is 22.7 Å². The molecular formula is C13H17BrN2S. The van der Waals surface area contributed by atoms with Crippen LogP contribution in [0.2, 0.25) is 0 Å². The Kier molecular flexibility index (Phi) is 4.05. The van der Waals surface area contributed by atoms with Crippen LogP contribution in [0.4, 0.5) is 5.69 Å². The summed E-state index contributed by atoms with van der Waals surface area (Å²) in [5, 5.41) is 0. The second kappa shape index (κ2) is 5.36. The zero-order valence-electron chi connectivity index (χ0n) is 9.95. The van der Waals surface area contributed by atoms with Gasteiger partial charge >= 0.3 is 0 Å². The molecule has 4 heteroatoms. The standard InChI is InChI=1S/C13H17BrN2S/c1-2-10-4-3-7-16(10)12-8-9(14)5-6-11(12)13(15)17/h5-6,8,10H,2-4,7H2,1H3,(H2,15,17). The van der Waals surface area contributed by atoms with Gasteiger partial charge in [-0.05, 0) is 37.5 Å². The molecule has 1 atom stereocenters. The smallest absolute Gasteiger partial charge is 0.106 e. The molecule has 92 valence electrons. The minimum absolute atomic E-state index is 0.481. The summed E-state index contributed by atoms with van der Waals surface area (Å²) in [4.78, 5) is 2.92. The molecule has 1 unspecified atom stereocenters. The Bertz CT molecular complexity index is 433. The normalized spacial score (nSPS) is 19.6. The molecule has 0 aliphatic carbocycles. The van der Waals surface area contributed by atoms with Crippen LogP contribution in [0.25, 0.3) is 0 Å². The summed E-state index contributed by atoms with van der Waals surface area (Å²) in [5.41, 5.74) is 7.98. The van der Waals surface area contributed by atoms with Crippen LogP contribution in [0.3, 0.4) is 0 Å². The number of hydrogen-bond acceptors (Lipinski definition) is 2. The van der Waals surface area contributed by atoms with Crippen LogP contribution in [-0.4, -0.2) is 17.6 Å². The first-order valence-corrected chi connectivity index (χ1v) is 7.19. The van der Waals surface area contributed by atoms with Crippen LogP contribution in [0, 0.1) is 0 Å². The van der Waals surface area contributed by atoms with E-state index in [9.17, 15) is 0 Å². The fourth-order valence-electron chi connectivity index (χ4n) is 2.53. The zero-order valence-corrected chi connectivity index (χ0v) is 12.4. The SMILES string of the molecule is CCC1CCCN1c1cc(Br)ccc1C(N)=S. The monoisotopic (exact) mass is 312 g/mol. The van der Waals surface area contributed by atoms with Gasteiger partial charge in [-0.15, -0.1) is 0 Å². The van der Waals surface area contributed by atoms with Gasteiger partial charge in [-0.2, -0.15) is 0 Å². The summed E-state index contributed by atoms with van der Waals surface area (Å²) in [7, 11) is 0. The number of rotatable bonds is 3. The first-order chi connectivity index (χ1) is 8.13. The lowest BCUT2D eigenvalue weighted by Crippen LogP contribution is -2.30. The molecule has 0 radical (unpaired) electrons. The molecule has 1 fully saturated rings. The minimum Gasteiger partial charge on any atom is -0.389 e. The Hall–Kier alpha value is -0.610. The molecule has 2 nitrogen and oxygen atoms in total. The summed E-state index contributed by atoms with van der Waals surface area (Å²) in [6, 6.07) is 6.75. The highest BCUT2D eigenvalue weighted by atomic mass is 79.9. The van der Waals surface area contributed by atoms with Gasteiger partial charge in [0.05, 0.1) is 0 Å². The highest BCUT2D eigenvalue weighted by molar-refractivity contribution is 9.10. The van der Waals surface area contributed by atoms with Crippen LogP contribution in [0.1, 0.15) is 31.7 Å². The maximum atomic E-state index is 5.81. The summed E-state index contributed by atoms with van der Waals surface area (Å²) >= 11 is 8.66. The van der Waals surface area contributed by atoms with Crippen LogP contribution < -0.4 is 10.6 Å². The molecule has 2 rings (SSSR count). The highest BCUT2D eigenvalue weighted by Gasteiger charge is 2.25. The molecule has 0 aromatic heterocycles. The van der Waals surface area contributed by atoms with Gasteiger partial charge in [-0.3, -0.25) is 0 Å². The number of nitrogens with zero attached hydrogens (tertiary/aromatic N) is 1. The van der Waals surface area contributed by atoms with Gasteiger partial charge in [0.15, 0.2) is 0 Å². The fourth-order valence-corrected chi connectivity index (χ4v) is 3.05. The third kappa shape index (κ3) is 2.63. The molecule has 0 spiro atoms. The summed E-state index contributed by atoms with van der Waals surface area (Å²) in [6.07, 6.45) is 3.69. The Morgan fingerprint density at radius 3 is 3.00 bits per heavy atom. The maximum Gasteiger partial charge on any atom is 0.106 e. The van der Waals surface area contributed by atoms with Gasteiger partial charge in [-0.25, -0.2) is 0 Å². The van der Waals surface area contributed by atoms with Crippen molar-refractivity contribution in [3.63, 3.8) is 0 Å². The average molecular weight is 313 g/mol. The van der Waals surface area contributed by atoms with Gasteiger partial charge in [0, 0.05) is 28.3 Å². The van der Waals surface area contributed by atoms with E-state index in [0.29, 0.717) is 11.0 Å². The average Bonchev–Trinajstić information content (AvgIpc) is 2.76. The number of hydrogen-bond donors (Lipinski definition) is 1. The summed E-state index contributed by atoms with van der Waals surface area (Å²) in [5.74, 6) is 0. The van der Waals surface area contributed by atoms with E-state index in [1.807, 2.05) is 12.1 Å². The third-order valence-electron chi connectivity index (χ3n) is 3.38. The van der Waals surface area contributed by atoms with Crippen LogP contribution in [0.5, 0.6) is 0 Å². The molecule has 0 saturated carbocycles. The molecule has 1 aliphatic rings. The second-order valence-electron chi connectivity index (χ2n) is 4.42. The van der Waals surface area contributed by atoms with E-state index in [-0.39, 0.29) is 0 Å². The minimum atomic E-state index is 0.481. The number of halogens is 1. The van der Waals surface area contributed by atoms with Crippen molar-refractivity contribution in [3.05, 3.63) is 28.2 Å². The Balaban J connectivity index is 2.42. The number of benzene rings is 1. The quantitative estimate of drug-likeness (QED) is 0.867. The van der Waals surface area contributed by atoms with Gasteiger partial charge in [0.25, 0.3) is 0 Å². The largest absolute Gasteiger partial charge is 0.389 e. The first kappa shape index (κ1) is 12.8. The lowest BCUT2D eigenvalue weighted by atomic mass is 10.1. The molecule has 17 heavy (non-hydrogen) atoms. The lowest BCUT2D eigenvalue weighted by molar-refractivity contribution is 0.645. The number of nitrogens with two attached hydrogens (primary N) is 1. The van der Waals surface area contributed by atoms with E-state index in [2.05, 4.69) is 33.8 Å². The van der Waals surface area contributed by atoms with Crippen molar-refractivity contribution >= 4 is 38.8 Å². The molecule has 0 amide bonds. The molecule has 1 aliphatic heterocycles. The molecule has 1 aromatic rings. The van der Waals surface area contributed by atoms with Gasteiger partial charge < -0.3 is 10.6 Å². The molecule has 1 heterocycles.